The van der Waals surface area contributed by atoms with Crippen molar-refractivity contribution in [3.63, 3.8) is 0 Å². The maximum Gasteiger partial charge on any atom is 0.315 e. The molecule has 0 unspecified atom stereocenters. The summed E-state index contributed by atoms with van der Waals surface area (Å²) in [5, 5.41) is 18.5. The summed E-state index contributed by atoms with van der Waals surface area (Å²) >= 11 is 1.26. The highest BCUT2D eigenvalue weighted by Gasteiger charge is 2.22. The highest BCUT2D eigenvalue weighted by molar-refractivity contribution is 7.15. The first-order valence-electron chi connectivity index (χ1n) is 8.84. The smallest absolute Gasteiger partial charge is 0.301 e. The first-order chi connectivity index (χ1) is 12.3. The molecule has 2 amide bonds. The average molecular weight is 376 g/mol. The van der Waals surface area contributed by atoms with Gasteiger partial charge >= 0.3 is 11.8 Å². The van der Waals surface area contributed by atoms with E-state index in [0.717, 1.165) is 17.8 Å². The topological polar surface area (TPSA) is 102 Å². The van der Waals surface area contributed by atoms with Crippen molar-refractivity contribution in [1.82, 2.24) is 20.0 Å². The van der Waals surface area contributed by atoms with Gasteiger partial charge in [-0.3, -0.25) is 19.6 Å². The van der Waals surface area contributed by atoms with Gasteiger partial charge in [0.1, 0.15) is 5.01 Å². The van der Waals surface area contributed by atoms with Crippen molar-refractivity contribution in [1.29, 1.82) is 0 Å². The van der Waals surface area contributed by atoms with Gasteiger partial charge < -0.3 is 5.32 Å². The Kier molecular flexibility index (Phi) is 5.36. The molecule has 0 bridgehead atoms. The molecule has 2 aromatic heterocycles. The second-order valence-corrected chi connectivity index (χ2v) is 8.52. The highest BCUT2D eigenvalue weighted by atomic mass is 32.1. The fourth-order valence-corrected chi connectivity index (χ4v) is 3.65. The van der Waals surface area contributed by atoms with Crippen LogP contribution >= 0.6 is 11.3 Å². The molecule has 1 saturated carbocycles. The molecule has 0 radical (unpaired) electrons. The number of nitrogens with one attached hydrogen (secondary N) is 2. The van der Waals surface area contributed by atoms with Gasteiger partial charge in [0.05, 0.1) is 6.04 Å². The Hall–Kier alpha value is -2.29. The molecule has 0 atom stereocenters. The molecule has 1 fully saturated rings. The minimum Gasteiger partial charge on any atom is -0.301 e. The van der Waals surface area contributed by atoms with Crippen LogP contribution in [-0.4, -0.2) is 31.8 Å². The van der Waals surface area contributed by atoms with E-state index >= 15 is 0 Å². The third-order valence-corrected chi connectivity index (χ3v) is 5.56. The van der Waals surface area contributed by atoms with E-state index in [0.29, 0.717) is 17.0 Å². The van der Waals surface area contributed by atoms with Gasteiger partial charge in [-0.15, -0.1) is 10.2 Å². The fourth-order valence-electron chi connectivity index (χ4n) is 2.86. The number of hydrogen-bond acceptors (Lipinski definition) is 6. The Morgan fingerprint density at radius 3 is 2.46 bits per heavy atom. The predicted molar refractivity (Wildman–Crippen MR) is 100 cm³/mol. The molecular weight excluding hydrogens is 352 g/mol. The molecule has 3 rings (SSSR count). The normalized spacial score (nSPS) is 15.7. The van der Waals surface area contributed by atoms with Crippen molar-refractivity contribution in [2.45, 2.75) is 64.3 Å². The number of rotatable bonds is 3. The number of nitrogens with zero attached hydrogens (tertiary/aromatic N) is 4. The second kappa shape index (κ2) is 7.53. The largest absolute Gasteiger partial charge is 0.315 e. The van der Waals surface area contributed by atoms with Gasteiger partial charge in [-0.2, -0.15) is 5.10 Å². The summed E-state index contributed by atoms with van der Waals surface area (Å²) in [5.41, 5.74) is -0.158. The van der Waals surface area contributed by atoms with Crippen molar-refractivity contribution in [3.05, 3.63) is 17.3 Å². The minimum atomic E-state index is -0.783. The molecular formula is C17H24N6O2S. The Morgan fingerprint density at radius 1 is 1.12 bits per heavy atom. The molecule has 26 heavy (non-hydrogen) atoms. The molecule has 140 valence electrons. The van der Waals surface area contributed by atoms with Crippen molar-refractivity contribution in [3.8, 4) is 0 Å². The second-order valence-electron chi connectivity index (χ2n) is 7.54. The lowest BCUT2D eigenvalue weighted by molar-refractivity contribution is -0.133. The van der Waals surface area contributed by atoms with Gasteiger partial charge in [0.25, 0.3) is 0 Å². The van der Waals surface area contributed by atoms with Gasteiger partial charge in [0, 0.05) is 17.7 Å². The average Bonchev–Trinajstić information content (AvgIpc) is 3.25. The standard InChI is InChI=1S/C17H24N6O2S/c1-17(2,3)15-20-21-16(26-15)19-14(25)13(24)18-12-9-10-23(22-12)11-7-5-4-6-8-11/h9-11H,4-8H2,1-3H3,(H,18,22,24)(H,19,21,25). The van der Waals surface area contributed by atoms with E-state index in [1.54, 1.807) is 6.07 Å². The SMILES string of the molecule is CC(C)(C)c1nnc(NC(=O)C(=O)Nc2ccn(C3CCCCC3)n2)s1. The van der Waals surface area contributed by atoms with Crippen LogP contribution in [0.2, 0.25) is 0 Å². The Bertz CT molecular complexity index is 785. The van der Waals surface area contributed by atoms with Gasteiger partial charge in [-0.25, -0.2) is 0 Å². The van der Waals surface area contributed by atoms with Crippen LogP contribution in [0.4, 0.5) is 10.9 Å². The van der Waals surface area contributed by atoms with E-state index in [9.17, 15) is 9.59 Å². The number of carbonyl (C=O) groups is 2. The van der Waals surface area contributed by atoms with Gasteiger partial charge in [0.2, 0.25) is 5.13 Å². The maximum atomic E-state index is 12.1. The molecule has 0 aliphatic heterocycles. The summed E-state index contributed by atoms with van der Waals surface area (Å²) in [6.45, 7) is 6.03. The summed E-state index contributed by atoms with van der Waals surface area (Å²) in [5.74, 6) is -1.18. The lowest BCUT2D eigenvalue weighted by atomic mass is 9.96. The molecule has 2 heterocycles. The summed E-state index contributed by atoms with van der Waals surface area (Å²) < 4.78 is 1.88. The van der Waals surface area contributed by atoms with Gasteiger partial charge in [-0.05, 0) is 12.8 Å². The summed E-state index contributed by atoms with van der Waals surface area (Å²) in [7, 11) is 0. The predicted octanol–water partition coefficient (Wildman–Crippen LogP) is 3.11. The molecule has 1 aliphatic carbocycles. The molecule has 0 saturated heterocycles. The summed E-state index contributed by atoms with van der Waals surface area (Å²) in [4.78, 5) is 24.2. The van der Waals surface area contributed by atoms with Crippen LogP contribution in [0.3, 0.4) is 0 Å². The number of amides is 2. The summed E-state index contributed by atoms with van der Waals surface area (Å²) in [6, 6.07) is 2.09. The highest BCUT2D eigenvalue weighted by Crippen LogP contribution is 2.28. The first kappa shape index (κ1) is 18.5. The van der Waals surface area contributed by atoms with Crippen molar-refractivity contribution >= 4 is 34.1 Å². The van der Waals surface area contributed by atoms with E-state index in [1.807, 2.05) is 31.6 Å². The molecule has 8 nitrogen and oxygen atoms in total. The Balaban J connectivity index is 1.56. The van der Waals surface area contributed by atoms with E-state index < -0.39 is 11.8 Å². The van der Waals surface area contributed by atoms with Crippen LogP contribution in [0, 0.1) is 0 Å². The zero-order chi connectivity index (χ0) is 18.7. The quantitative estimate of drug-likeness (QED) is 0.802. The van der Waals surface area contributed by atoms with E-state index in [4.69, 9.17) is 0 Å². The Labute approximate surface area is 156 Å². The van der Waals surface area contributed by atoms with Crippen LogP contribution in [0.25, 0.3) is 0 Å². The van der Waals surface area contributed by atoms with Crippen LogP contribution in [0.15, 0.2) is 12.3 Å². The lowest BCUT2D eigenvalue weighted by Gasteiger charge is -2.21. The van der Waals surface area contributed by atoms with Crippen molar-refractivity contribution < 1.29 is 9.59 Å². The monoisotopic (exact) mass is 376 g/mol. The molecule has 2 aromatic rings. The molecule has 2 N–H and O–H groups in total. The van der Waals surface area contributed by atoms with E-state index in [2.05, 4.69) is 25.9 Å². The first-order valence-corrected chi connectivity index (χ1v) is 9.66. The van der Waals surface area contributed by atoms with Crippen molar-refractivity contribution in [2.24, 2.45) is 0 Å². The van der Waals surface area contributed by atoms with E-state index in [-0.39, 0.29) is 5.41 Å². The van der Waals surface area contributed by atoms with Crippen molar-refractivity contribution in [2.75, 3.05) is 10.6 Å². The fraction of sp³-hybridized carbons (Fsp3) is 0.588. The van der Waals surface area contributed by atoms with Gasteiger partial charge in [-0.1, -0.05) is 51.4 Å². The molecule has 1 aliphatic rings. The molecule has 9 heteroatoms. The number of hydrogen-bond donors (Lipinski definition) is 2. The third kappa shape index (κ3) is 4.46. The van der Waals surface area contributed by atoms with Crippen LogP contribution < -0.4 is 10.6 Å². The lowest BCUT2D eigenvalue weighted by Crippen LogP contribution is -2.29. The van der Waals surface area contributed by atoms with Gasteiger partial charge in [0.15, 0.2) is 5.82 Å². The number of aromatic nitrogens is 4. The van der Waals surface area contributed by atoms with Crippen LogP contribution in [0.1, 0.15) is 63.9 Å². The van der Waals surface area contributed by atoms with Crippen LogP contribution in [0.5, 0.6) is 0 Å². The zero-order valence-corrected chi connectivity index (χ0v) is 16.1. The zero-order valence-electron chi connectivity index (χ0n) is 15.3. The Morgan fingerprint density at radius 2 is 1.81 bits per heavy atom. The third-order valence-electron chi connectivity index (χ3n) is 4.29. The number of anilines is 2. The summed E-state index contributed by atoms with van der Waals surface area (Å²) in [6.07, 6.45) is 7.72. The van der Waals surface area contributed by atoms with E-state index in [1.165, 1.54) is 30.6 Å². The molecule has 0 spiro atoms. The van der Waals surface area contributed by atoms with Crippen LogP contribution in [-0.2, 0) is 15.0 Å². The minimum absolute atomic E-state index is 0.158. The molecule has 0 aromatic carbocycles. The number of carbonyl (C=O) groups excluding carboxylic acids is 2. The maximum absolute atomic E-state index is 12.1.